The number of aromatic nitrogens is 2. The molecule has 0 saturated heterocycles. The van der Waals surface area contributed by atoms with Gasteiger partial charge in [-0.3, -0.25) is 0 Å². The summed E-state index contributed by atoms with van der Waals surface area (Å²) < 4.78 is 2.44. The molecule has 0 unspecified atom stereocenters. The maximum Gasteiger partial charge on any atom is 0.0715 e. The smallest absolute Gasteiger partial charge is 0.0715 e. The lowest BCUT2D eigenvalue weighted by atomic mass is 9.93. The zero-order valence-corrected chi connectivity index (χ0v) is 34.6. The SMILES string of the molecule is c1ccc(-c2ccc(-c3cc(-c4ccccc4)nc(-c4cccc(-c5cc(N6c7ccccc7Cc7ccccc76)ccc5-n5c6ccccc6c6ccccc65)c4)c3)cc2)cc1. The van der Waals surface area contributed by atoms with Gasteiger partial charge in [-0.2, -0.15) is 0 Å². The number of hydrogen-bond acceptors (Lipinski definition) is 2. The first-order valence-electron chi connectivity index (χ1n) is 21.7. The molecule has 0 atom stereocenters. The summed E-state index contributed by atoms with van der Waals surface area (Å²) in [4.78, 5) is 7.82. The molecule has 0 aliphatic carbocycles. The van der Waals surface area contributed by atoms with Crippen molar-refractivity contribution in [1.82, 2.24) is 9.55 Å². The molecule has 0 radical (unpaired) electrons. The van der Waals surface area contributed by atoms with Crippen molar-refractivity contribution >= 4 is 38.9 Å². The van der Waals surface area contributed by atoms with E-state index >= 15 is 0 Å². The van der Waals surface area contributed by atoms with Gasteiger partial charge in [-0.05, 0) is 99.6 Å². The molecule has 3 nitrogen and oxygen atoms in total. The van der Waals surface area contributed by atoms with Crippen LogP contribution in [0.4, 0.5) is 17.1 Å². The number of anilines is 3. The van der Waals surface area contributed by atoms with Gasteiger partial charge in [0.25, 0.3) is 0 Å². The Morgan fingerprint density at radius 2 is 0.810 bits per heavy atom. The van der Waals surface area contributed by atoms with E-state index in [1.54, 1.807) is 0 Å². The minimum Gasteiger partial charge on any atom is -0.310 e. The van der Waals surface area contributed by atoms with Gasteiger partial charge in [-0.25, -0.2) is 4.98 Å². The number of rotatable bonds is 7. The van der Waals surface area contributed by atoms with Crippen molar-refractivity contribution in [3.8, 4) is 61.6 Å². The van der Waals surface area contributed by atoms with Crippen molar-refractivity contribution < 1.29 is 0 Å². The van der Waals surface area contributed by atoms with E-state index in [1.165, 1.54) is 55.4 Å². The van der Waals surface area contributed by atoms with Crippen LogP contribution in [0.2, 0.25) is 0 Å². The second-order valence-corrected chi connectivity index (χ2v) is 16.4. The Bertz CT molecular complexity index is 3380. The van der Waals surface area contributed by atoms with Crippen molar-refractivity contribution in [3.63, 3.8) is 0 Å². The van der Waals surface area contributed by atoms with Crippen molar-refractivity contribution in [3.05, 3.63) is 248 Å². The Hall–Kier alpha value is -8.27. The summed E-state index contributed by atoms with van der Waals surface area (Å²) in [5, 5.41) is 2.48. The molecule has 2 aromatic heterocycles. The molecule has 0 saturated carbocycles. The number of benzene rings is 9. The maximum absolute atomic E-state index is 5.38. The molecule has 9 aromatic carbocycles. The van der Waals surface area contributed by atoms with Gasteiger partial charge in [0, 0.05) is 50.9 Å². The first-order chi connectivity index (χ1) is 31.2. The van der Waals surface area contributed by atoms with Crippen LogP contribution in [-0.4, -0.2) is 9.55 Å². The molecule has 0 spiro atoms. The number of fused-ring (bicyclic) bond motifs is 5. The van der Waals surface area contributed by atoms with E-state index in [9.17, 15) is 0 Å². The Morgan fingerprint density at radius 3 is 1.46 bits per heavy atom. The number of nitrogens with zero attached hydrogens (tertiary/aromatic N) is 3. The average Bonchev–Trinajstić information content (AvgIpc) is 3.70. The lowest BCUT2D eigenvalue weighted by molar-refractivity contribution is 1.09. The first-order valence-corrected chi connectivity index (χ1v) is 21.7. The fraction of sp³-hybridized carbons (Fsp3) is 0.0167. The van der Waals surface area contributed by atoms with Gasteiger partial charge in [0.05, 0.1) is 28.1 Å². The largest absolute Gasteiger partial charge is 0.310 e. The van der Waals surface area contributed by atoms with Gasteiger partial charge in [0.1, 0.15) is 0 Å². The summed E-state index contributed by atoms with van der Waals surface area (Å²) >= 11 is 0. The van der Waals surface area contributed by atoms with Crippen molar-refractivity contribution in [2.24, 2.45) is 0 Å². The molecule has 0 amide bonds. The van der Waals surface area contributed by atoms with Crippen LogP contribution < -0.4 is 4.90 Å². The molecule has 63 heavy (non-hydrogen) atoms. The van der Waals surface area contributed by atoms with Crippen LogP contribution in [0.25, 0.3) is 83.4 Å². The highest BCUT2D eigenvalue weighted by Crippen LogP contribution is 2.46. The molecular weight excluding hydrogens is 763 g/mol. The summed E-state index contributed by atoms with van der Waals surface area (Å²) in [6.45, 7) is 0. The fourth-order valence-corrected chi connectivity index (χ4v) is 9.58. The lowest BCUT2D eigenvalue weighted by Crippen LogP contribution is -2.18. The van der Waals surface area contributed by atoms with E-state index in [0.29, 0.717) is 0 Å². The highest BCUT2D eigenvalue weighted by atomic mass is 15.2. The van der Waals surface area contributed by atoms with Crippen LogP contribution in [0.15, 0.2) is 237 Å². The molecule has 296 valence electrons. The van der Waals surface area contributed by atoms with Crippen LogP contribution in [0, 0.1) is 0 Å². The molecule has 3 heterocycles. The highest BCUT2D eigenvalue weighted by molar-refractivity contribution is 6.10. The van der Waals surface area contributed by atoms with Crippen LogP contribution in [0.1, 0.15) is 11.1 Å². The molecule has 1 aliphatic rings. The van der Waals surface area contributed by atoms with Gasteiger partial charge in [-0.1, -0.05) is 176 Å². The van der Waals surface area contributed by atoms with Crippen molar-refractivity contribution in [2.75, 3.05) is 4.90 Å². The standard InChI is InChI=1S/C60H41N3/c1-3-16-41(17-4-1)42-30-32-43(33-31-42)49-38-54(44-18-5-2-6-19-44)61-55(39-49)46-23-15-22-45(36-46)53-40-50(62-56-26-11-7-20-47(56)37-48-21-8-12-27-57(48)62)34-35-60(53)63-58-28-13-9-24-51(58)52-25-10-14-29-59(52)63/h1-36,38-40H,37H2. The number of hydrogen-bond donors (Lipinski definition) is 0. The lowest BCUT2D eigenvalue weighted by Gasteiger charge is -2.34. The van der Waals surface area contributed by atoms with E-state index in [-0.39, 0.29) is 0 Å². The van der Waals surface area contributed by atoms with Gasteiger partial charge < -0.3 is 9.47 Å². The minimum absolute atomic E-state index is 0.908. The summed E-state index contributed by atoms with van der Waals surface area (Å²) in [6.07, 6.45) is 0.908. The summed E-state index contributed by atoms with van der Waals surface area (Å²) in [5.41, 5.74) is 20.6. The Kier molecular flexibility index (Phi) is 8.90. The molecule has 0 N–H and O–H groups in total. The van der Waals surface area contributed by atoms with E-state index < -0.39 is 0 Å². The zero-order chi connectivity index (χ0) is 41.7. The third kappa shape index (κ3) is 6.50. The first kappa shape index (κ1) is 36.6. The van der Waals surface area contributed by atoms with Crippen molar-refractivity contribution in [1.29, 1.82) is 0 Å². The third-order valence-electron chi connectivity index (χ3n) is 12.6. The van der Waals surface area contributed by atoms with Crippen molar-refractivity contribution in [2.45, 2.75) is 6.42 Å². The summed E-state index contributed by atoms with van der Waals surface area (Å²) in [7, 11) is 0. The van der Waals surface area contributed by atoms with E-state index in [2.05, 4.69) is 246 Å². The molecule has 1 aliphatic heterocycles. The Balaban J connectivity index is 1.06. The zero-order valence-electron chi connectivity index (χ0n) is 34.6. The quantitative estimate of drug-likeness (QED) is 0.160. The van der Waals surface area contributed by atoms with Crippen LogP contribution in [-0.2, 0) is 6.42 Å². The Morgan fingerprint density at radius 1 is 0.317 bits per heavy atom. The van der Waals surface area contributed by atoms with Crippen LogP contribution in [0.5, 0.6) is 0 Å². The molecule has 12 rings (SSSR count). The molecular formula is C60H41N3. The summed E-state index contributed by atoms with van der Waals surface area (Å²) in [6, 6.07) is 85.6. The second-order valence-electron chi connectivity index (χ2n) is 16.4. The normalized spacial score (nSPS) is 12.0. The van der Waals surface area contributed by atoms with E-state index in [4.69, 9.17) is 4.98 Å². The molecule has 3 heteroatoms. The minimum atomic E-state index is 0.908. The number of pyridine rings is 1. The van der Waals surface area contributed by atoms with E-state index in [1.807, 2.05) is 0 Å². The maximum atomic E-state index is 5.38. The predicted molar refractivity (Wildman–Crippen MR) is 263 cm³/mol. The molecule has 11 aromatic rings. The van der Waals surface area contributed by atoms with Gasteiger partial charge in [0.2, 0.25) is 0 Å². The number of para-hydroxylation sites is 4. The highest BCUT2D eigenvalue weighted by Gasteiger charge is 2.25. The Labute approximate surface area is 367 Å². The van der Waals surface area contributed by atoms with Crippen LogP contribution in [0.3, 0.4) is 0 Å². The van der Waals surface area contributed by atoms with Gasteiger partial charge in [-0.15, -0.1) is 0 Å². The second kappa shape index (κ2) is 15.3. The van der Waals surface area contributed by atoms with E-state index in [0.717, 1.165) is 62.6 Å². The third-order valence-corrected chi connectivity index (χ3v) is 12.6. The molecule has 0 bridgehead atoms. The summed E-state index contributed by atoms with van der Waals surface area (Å²) in [5.74, 6) is 0. The average molecular weight is 804 g/mol. The molecule has 0 fully saturated rings. The van der Waals surface area contributed by atoms with Crippen LogP contribution >= 0.6 is 0 Å². The fourth-order valence-electron chi connectivity index (χ4n) is 9.58. The topological polar surface area (TPSA) is 21.1 Å². The van der Waals surface area contributed by atoms with Gasteiger partial charge in [0.15, 0.2) is 0 Å². The van der Waals surface area contributed by atoms with Gasteiger partial charge >= 0.3 is 0 Å². The predicted octanol–water partition coefficient (Wildman–Crippen LogP) is 15.9. The monoisotopic (exact) mass is 803 g/mol.